The molecule has 22 heavy (non-hydrogen) atoms. The molecular weight excluding hydrogens is 298 g/mol. The molecule has 0 unspecified atom stereocenters. The second-order valence-electron chi connectivity index (χ2n) is 5.24. The zero-order chi connectivity index (χ0) is 16.2. The van der Waals surface area contributed by atoms with E-state index in [0.717, 1.165) is 5.56 Å². The summed E-state index contributed by atoms with van der Waals surface area (Å²) in [6.45, 7) is 4.23. The molecule has 0 aliphatic rings. The zero-order valence-electron chi connectivity index (χ0n) is 12.5. The van der Waals surface area contributed by atoms with E-state index in [1.807, 2.05) is 24.3 Å². The number of benzene rings is 2. The number of hydrazone groups is 1. The first-order valence-electron chi connectivity index (χ1n) is 6.89. The van der Waals surface area contributed by atoms with E-state index in [9.17, 15) is 8.42 Å². The van der Waals surface area contributed by atoms with Crippen molar-refractivity contribution in [1.82, 2.24) is 4.83 Å². The lowest BCUT2D eigenvalue weighted by atomic mass is 10.0. The van der Waals surface area contributed by atoms with E-state index in [1.54, 1.807) is 0 Å². The SMILES string of the molecule is CC(C)c1ccc(C=NNS(=O)(=O)c2ccc(N)cc2)cc1. The Labute approximate surface area is 130 Å². The van der Waals surface area contributed by atoms with Crippen LogP contribution >= 0.6 is 0 Å². The van der Waals surface area contributed by atoms with Crippen molar-refractivity contribution in [2.75, 3.05) is 5.73 Å². The fourth-order valence-electron chi connectivity index (χ4n) is 1.84. The maximum absolute atomic E-state index is 12.0. The molecule has 0 aromatic heterocycles. The van der Waals surface area contributed by atoms with E-state index < -0.39 is 10.0 Å². The van der Waals surface area contributed by atoms with Gasteiger partial charge in [0.15, 0.2) is 0 Å². The van der Waals surface area contributed by atoms with E-state index >= 15 is 0 Å². The van der Waals surface area contributed by atoms with Gasteiger partial charge in [-0.25, -0.2) is 4.83 Å². The largest absolute Gasteiger partial charge is 0.399 e. The molecule has 5 nitrogen and oxygen atoms in total. The molecule has 2 aromatic rings. The number of nitrogen functional groups attached to an aromatic ring is 1. The van der Waals surface area contributed by atoms with Crippen molar-refractivity contribution in [3.63, 3.8) is 0 Å². The third-order valence-electron chi connectivity index (χ3n) is 3.18. The van der Waals surface area contributed by atoms with Crippen LogP contribution in [0.25, 0.3) is 0 Å². The van der Waals surface area contributed by atoms with Gasteiger partial charge < -0.3 is 5.73 Å². The number of hydrogen-bond acceptors (Lipinski definition) is 4. The Morgan fingerprint density at radius 3 is 2.18 bits per heavy atom. The second-order valence-corrected chi connectivity index (χ2v) is 6.90. The van der Waals surface area contributed by atoms with Crippen LogP contribution in [0.4, 0.5) is 5.69 Å². The zero-order valence-corrected chi connectivity index (χ0v) is 13.3. The maximum atomic E-state index is 12.0. The Morgan fingerprint density at radius 2 is 1.64 bits per heavy atom. The Bertz CT molecular complexity index is 749. The van der Waals surface area contributed by atoms with Crippen molar-refractivity contribution in [2.45, 2.75) is 24.7 Å². The molecule has 0 saturated heterocycles. The Morgan fingerprint density at radius 1 is 1.05 bits per heavy atom. The Balaban J connectivity index is 2.06. The fraction of sp³-hybridized carbons (Fsp3) is 0.188. The van der Waals surface area contributed by atoms with E-state index in [4.69, 9.17) is 5.73 Å². The van der Waals surface area contributed by atoms with Gasteiger partial charge in [0.25, 0.3) is 10.0 Å². The van der Waals surface area contributed by atoms with Crippen molar-refractivity contribution in [3.8, 4) is 0 Å². The number of nitrogens with two attached hydrogens (primary N) is 1. The van der Waals surface area contributed by atoms with Crippen LogP contribution in [0.5, 0.6) is 0 Å². The highest BCUT2D eigenvalue weighted by Crippen LogP contribution is 2.14. The van der Waals surface area contributed by atoms with Crippen LogP contribution in [-0.4, -0.2) is 14.6 Å². The van der Waals surface area contributed by atoms with Crippen molar-refractivity contribution < 1.29 is 8.42 Å². The standard InChI is InChI=1S/C16H19N3O2S/c1-12(2)14-5-3-13(4-6-14)11-18-19-22(20,21)16-9-7-15(17)8-10-16/h3-12,19H,17H2,1-2H3. The average molecular weight is 317 g/mol. The first-order chi connectivity index (χ1) is 10.4. The highest BCUT2D eigenvalue weighted by molar-refractivity contribution is 7.89. The third kappa shape index (κ3) is 4.08. The van der Waals surface area contributed by atoms with Crippen molar-refractivity contribution >= 4 is 21.9 Å². The molecular formula is C16H19N3O2S. The number of hydrogen-bond donors (Lipinski definition) is 2. The summed E-state index contributed by atoms with van der Waals surface area (Å²) in [5.74, 6) is 0.454. The minimum absolute atomic E-state index is 0.119. The van der Waals surface area contributed by atoms with Gasteiger partial charge in [0.2, 0.25) is 0 Å². The summed E-state index contributed by atoms with van der Waals surface area (Å²) in [5.41, 5.74) is 8.09. The lowest BCUT2D eigenvalue weighted by Gasteiger charge is -2.05. The van der Waals surface area contributed by atoms with E-state index in [0.29, 0.717) is 11.6 Å². The van der Waals surface area contributed by atoms with Gasteiger partial charge in [-0.05, 0) is 41.3 Å². The Kier molecular flexibility index (Phi) is 4.82. The molecule has 0 aliphatic heterocycles. The lowest BCUT2D eigenvalue weighted by Crippen LogP contribution is -2.18. The summed E-state index contributed by atoms with van der Waals surface area (Å²) in [5, 5.41) is 3.79. The topological polar surface area (TPSA) is 84.5 Å². The highest BCUT2D eigenvalue weighted by atomic mass is 32.2. The van der Waals surface area contributed by atoms with Gasteiger partial charge in [-0.1, -0.05) is 38.1 Å². The first kappa shape index (κ1) is 16.0. The molecule has 116 valence electrons. The molecule has 0 fully saturated rings. The molecule has 0 aliphatic carbocycles. The molecule has 0 bridgehead atoms. The van der Waals surface area contributed by atoms with Gasteiger partial charge in [-0.3, -0.25) is 0 Å². The Hall–Kier alpha value is -2.34. The van der Waals surface area contributed by atoms with Crippen LogP contribution in [-0.2, 0) is 10.0 Å². The summed E-state index contributed by atoms with van der Waals surface area (Å²) < 4.78 is 24.0. The van der Waals surface area contributed by atoms with Crippen LogP contribution in [0, 0.1) is 0 Å². The average Bonchev–Trinajstić information content (AvgIpc) is 2.48. The number of nitrogens with zero attached hydrogens (tertiary/aromatic N) is 1. The minimum atomic E-state index is -3.67. The second kappa shape index (κ2) is 6.62. The monoisotopic (exact) mass is 317 g/mol. The normalized spacial score (nSPS) is 12.0. The molecule has 0 radical (unpaired) electrons. The highest BCUT2D eigenvalue weighted by Gasteiger charge is 2.11. The molecule has 6 heteroatoms. The number of anilines is 1. The molecule has 2 aromatic carbocycles. The fourth-order valence-corrected chi connectivity index (χ4v) is 2.63. The summed E-state index contributed by atoms with van der Waals surface area (Å²) in [4.78, 5) is 2.30. The molecule has 2 rings (SSSR count). The predicted molar refractivity (Wildman–Crippen MR) is 89.3 cm³/mol. The maximum Gasteiger partial charge on any atom is 0.276 e. The van der Waals surface area contributed by atoms with Gasteiger partial charge in [0.05, 0.1) is 11.1 Å². The van der Waals surface area contributed by atoms with Crippen LogP contribution < -0.4 is 10.6 Å². The van der Waals surface area contributed by atoms with Gasteiger partial charge in [0.1, 0.15) is 0 Å². The van der Waals surface area contributed by atoms with Crippen LogP contribution in [0.1, 0.15) is 30.9 Å². The number of rotatable bonds is 5. The van der Waals surface area contributed by atoms with E-state index in [2.05, 4.69) is 23.8 Å². The minimum Gasteiger partial charge on any atom is -0.399 e. The van der Waals surface area contributed by atoms with Crippen LogP contribution in [0.15, 0.2) is 58.5 Å². The lowest BCUT2D eigenvalue weighted by molar-refractivity contribution is 0.584. The third-order valence-corrected chi connectivity index (χ3v) is 4.42. The first-order valence-corrected chi connectivity index (χ1v) is 8.37. The summed E-state index contributed by atoms with van der Waals surface area (Å²) in [6, 6.07) is 13.7. The number of sulfonamides is 1. The van der Waals surface area contributed by atoms with Gasteiger partial charge in [-0.2, -0.15) is 13.5 Å². The van der Waals surface area contributed by atoms with Crippen molar-refractivity contribution in [2.24, 2.45) is 5.10 Å². The molecule has 0 amide bonds. The van der Waals surface area contributed by atoms with Crippen molar-refractivity contribution in [1.29, 1.82) is 0 Å². The number of nitrogens with one attached hydrogen (secondary N) is 1. The quantitative estimate of drug-likeness (QED) is 0.505. The van der Waals surface area contributed by atoms with E-state index in [1.165, 1.54) is 36.0 Å². The van der Waals surface area contributed by atoms with Crippen molar-refractivity contribution in [3.05, 3.63) is 59.7 Å². The van der Waals surface area contributed by atoms with Gasteiger partial charge in [-0.15, -0.1) is 0 Å². The summed E-state index contributed by atoms with van der Waals surface area (Å²) in [6.07, 6.45) is 1.47. The molecule has 0 saturated carbocycles. The predicted octanol–water partition coefficient (Wildman–Crippen LogP) is 2.70. The summed E-state index contributed by atoms with van der Waals surface area (Å²) in [7, 11) is -3.67. The smallest absolute Gasteiger partial charge is 0.276 e. The van der Waals surface area contributed by atoms with Crippen LogP contribution in [0.2, 0.25) is 0 Å². The van der Waals surface area contributed by atoms with Crippen LogP contribution in [0.3, 0.4) is 0 Å². The van der Waals surface area contributed by atoms with Gasteiger partial charge >= 0.3 is 0 Å². The van der Waals surface area contributed by atoms with Gasteiger partial charge in [0, 0.05) is 5.69 Å². The molecule has 3 N–H and O–H groups in total. The molecule has 0 spiro atoms. The molecule has 0 atom stereocenters. The molecule has 0 heterocycles. The van der Waals surface area contributed by atoms with E-state index in [-0.39, 0.29) is 4.90 Å². The summed E-state index contributed by atoms with van der Waals surface area (Å²) >= 11 is 0.